The minimum absolute atomic E-state index is 0.0757. The van der Waals surface area contributed by atoms with Crippen LogP contribution in [0.1, 0.15) is 59.1 Å². The van der Waals surface area contributed by atoms with Crippen LogP contribution in [0.2, 0.25) is 0 Å². The van der Waals surface area contributed by atoms with Crippen LogP contribution in [-0.2, 0) is 35.5 Å². The fraction of sp³-hybridized carbons (Fsp3) is 0.435. The van der Waals surface area contributed by atoms with E-state index in [1.54, 1.807) is 30.6 Å². The van der Waals surface area contributed by atoms with Crippen LogP contribution in [0.4, 0.5) is 11.6 Å². The number of pyridine rings is 2. The van der Waals surface area contributed by atoms with Gasteiger partial charge in [-0.15, -0.1) is 0 Å². The molecule has 1 amide bonds. The number of aromatic nitrogens is 2. The zero-order valence-electron chi connectivity index (χ0n) is 33.9. The van der Waals surface area contributed by atoms with Crippen LogP contribution in [-0.4, -0.2) is 102 Å². The first-order valence-electron chi connectivity index (χ1n) is 20.8. The van der Waals surface area contributed by atoms with Crippen LogP contribution < -0.4 is 20.9 Å². The SMILES string of the molecule is N#Cc1ccc(N2CCC(C(=O)NCCN3CCc4ccccc4C3)CC2)nc1.N#Cc1ccc(N2CCC(C(=O)O)CC2)nc1.NCCN1CCc2ccccc2C1. The predicted molar refractivity (Wildman–Crippen MR) is 228 cm³/mol. The first-order chi connectivity index (χ1) is 28.8. The molecule has 4 aliphatic rings. The molecule has 0 bridgehead atoms. The maximum atomic E-state index is 12.6. The Kier molecular flexibility index (Phi) is 15.8. The molecule has 0 atom stereocenters. The van der Waals surface area contributed by atoms with Crippen molar-refractivity contribution in [2.75, 3.05) is 75.2 Å². The lowest BCUT2D eigenvalue weighted by Crippen LogP contribution is -2.43. The number of hydrogen-bond acceptors (Lipinski definition) is 11. The maximum absolute atomic E-state index is 12.6. The molecular formula is C46H56N10O3. The number of nitriles is 2. The van der Waals surface area contributed by atoms with E-state index in [0.717, 1.165) is 89.8 Å². The number of aliphatic carboxylic acids is 1. The number of fused-ring (bicyclic) bond motifs is 2. The van der Waals surface area contributed by atoms with Gasteiger partial charge in [0.2, 0.25) is 5.91 Å². The van der Waals surface area contributed by atoms with Gasteiger partial charge in [-0.1, -0.05) is 48.5 Å². The highest BCUT2D eigenvalue weighted by Crippen LogP contribution is 2.24. The largest absolute Gasteiger partial charge is 0.481 e. The van der Waals surface area contributed by atoms with Crippen molar-refractivity contribution < 1.29 is 14.7 Å². The Balaban J connectivity index is 0.000000165. The van der Waals surface area contributed by atoms with Gasteiger partial charge in [0.05, 0.1) is 17.0 Å². The second-order valence-corrected chi connectivity index (χ2v) is 15.6. The van der Waals surface area contributed by atoms with E-state index < -0.39 is 5.97 Å². The first kappa shape index (κ1) is 42.7. The average molecular weight is 797 g/mol. The Bertz CT molecular complexity index is 2050. The third-order valence-corrected chi connectivity index (χ3v) is 11.7. The van der Waals surface area contributed by atoms with Crippen molar-refractivity contribution >= 4 is 23.5 Å². The van der Waals surface area contributed by atoms with Crippen LogP contribution in [0.5, 0.6) is 0 Å². The number of hydrogen-bond donors (Lipinski definition) is 3. The minimum Gasteiger partial charge on any atom is -0.481 e. The first-order valence-corrected chi connectivity index (χ1v) is 20.8. The van der Waals surface area contributed by atoms with Crippen LogP contribution in [0, 0.1) is 34.5 Å². The third-order valence-electron chi connectivity index (χ3n) is 11.7. The van der Waals surface area contributed by atoms with Gasteiger partial charge in [0.1, 0.15) is 23.8 Å². The van der Waals surface area contributed by atoms with Crippen molar-refractivity contribution in [2.24, 2.45) is 17.6 Å². The van der Waals surface area contributed by atoms with Gasteiger partial charge in [-0.3, -0.25) is 19.4 Å². The Morgan fingerprint density at radius 2 is 1.12 bits per heavy atom. The third kappa shape index (κ3) is 12.3. The number of carbonyl (C=O) groups excluding carboxylic acids is 1. The number of nitrogens with one attached hydrogen (secondary N) is 1. The van der Waals surface area contributed by atoms with E-state index in [-0.39, 0.29) is 17.7 Å². The zero-order chi connectivity index (χ0) is 41.4. The number of carbonyl (C=O) groups is 2. The van der Waals surface area contributed by atoms with E-state index in [1.807, 2.05) is 12.1 Å². The Hall–Kier alpha value is -5.86. The van der Waals surface area contributed by atoms with E-state index in [9.17, 15) is 9.59 Å². The number of nitrogens with two attached hydrogens (primary N) is 1. The molecule has 4 N–H and O–H groups in total. The molecule has 0 unspecified atom stereocenters. The molecule has 0 radical (unpaired) electrons. The van der Waals surface area contributed by atoms with Crippen molar-refractivity contribution in [3.63, 3.8) is 0 Å². The fourth-order valence-electron chi connectivity index (χ4n) is 8.16. The van der Waals surface area contributed by atoms with Gasteiger partial charge in [-0.2, -0.15) is 10.5 Å². The second-order valence-electron chi connectivity index (χ2n) is 15.6. The molecule has 2 aromatic heterocycles. The van der Waals surface area contributed by atoms with Gasteiger partial charge in [0.15, 0.2) is 0 Å². The summed E-state index contributed by atoms with van der Waals surface area (Å²) in [4.78, 5) is 41.0. The molecule has 4 aliphatic heterocycles. The molecule has 2 saturated heterocycles. The number of anilines is 2. The monoisotopic (exact) mass is 796 g/mol. The number of benzene rings is 2. The Labute approximate surface area is 348 Å². The van der Waals surface area contributed by atoms with E-state index in [2.05, 4.69) is 89.5 Å². The molecule has 308 valence electrons. The smallest absolute Gasteiger partial charge is 0.306 e. The number of rotatable bonds is 9. The molecular weight excluding hydrogens is 741 g/mol. The van der Waals surface area contributed by atoms with Crippen LogP contribution in [0.3, 0.4) is 0 Å². The number of carboxylic acid groups (broad SMARTS) is 1. The van der Waals surface area contributed by atoms with Gasteiger partial charge in [-0.05, 0) is 85.0 Å². The summed E-state index contributed by atoms with van der Waals surface area (Å²) in [6.07, 6.45) is 8.39. The van der Waals surface area contributed by atoms with Crippen molar-refractivity contribution in [2.45, 2.75) is 51.6 Å². The molecule has 0 spiro atoms. The highest BCUT2D eigenvalue weighted by Gasteiger charge is 2.27. The molecule has 59 heavy (non-hydrogen) atoms. The molecule has 0 aliphatic carbocycles. The summed E-state index contributed by atoms with van der Waals surface area (Å²) in [6.45, 7) is 10.7. The molecule has 4 aromatic rings. The molecule has 13 nitrogen and oxygen atoms in total. The summed E-state index contributed by atoms with van der Waals surface area (Å²) < 4.78 is 0. The van der Waals surface area contributed by atoms with Gasteiger partial charge in [0, 0.05) is 96.8 Å². The lowest BCUT2D eigenvalue weighted by atomic mass is 9.96. The fourth-order valence-corrected chi connectivity index (χ4v) is 8.16. The van der Waals surface area contributed by atoms with Crippen molar-refractivity contribution in [3.8, 4) is 12.1 Å². The molecule has 8 rings (SSSR count). The van der Waals surface area contributed by atoms with Crippen molar-refractivity contribution in [1.82, 2.24) is 25.1 Å². The molecule has 13 heteroatoms. The molecule has 0 saturated carbocycles. The standard InChI is InChI=1S/C23H27N5O.C12H13N3O2.C11H16N2/c24-15-18-5-6-22(26-16-18)28-12-8-20(9-13-28)23(29)25-10-14-27-11-7-19-3-1-2-4-21(19)17-27;13-7-9-1-2-11(14-8-9)15-5-3-10(4-6-15)12(16)17;12-6-8-13-7-5-10-3-1-2-4-11(10)9-13/h1-6,16,20H,7-14,17H2,(H,25,29);1-2,8,10H,3-6H2,(H,16,17);1-4H,5-9,12H2. The van der Waals surface area contributed by atoms with E-state index in [0.29, 0.717) is 43.6 Å². The quantitative estimate of drug-likeness (QED) is 0.215. The second kappa shape index (κ2) is 21.8. The Morgan fingerprint density at radius 1 is 0.661 bits per heavy atom. The Morgan fingerprint density at radius 3 is 1.54 bits per heavy atom. The lowest BCUT2D eigenvalue weighted by Gasteiger charge is -2.32. The molecule has 2 fully saturated rings. The topological polar surface area (TPSA) is 179 Å². The van der Waals surface area contributed by atoms with Crippen molar-refractivity contribution in [3.05, 3.63) is 119 Å². The van der Waals surface area contributed by atoms with Crippen LogP contribution >= 0.6 is 0 Å². The summed E-state index contributed by atoms with van der Waals surface area (Å²) in [5.74, 6) is 1.00. The number of piperidine rings is 2. The summed E-state index contributed by atoms with van der Waals surface area (Å²) in [6, 6.07) is 28.6. The predicted octanol–water partition coefficient (Wildman–Crippen LogP) is 4.60. The van der Waals surface area contributed by atoms with E-state index in [4.69, 9.17) is 21.4 Å². The normalized spacial score (nSPS) is 17.1. The highest BCUT2D eigenvalue weighted by atomic mass is 16.4. The van der Waals surface area contributed by atoms with Crippen molar-refractivity contribution in [1.29, 1.82) is 10.5 Å². The van der Waals surface area contributed by atoms with Gasteiger partial charge >= 0.3 is 5.97 Å². The van der Waals surface area contributed by atoms with Crippen LogP contribution in [0.25, 0.3) is 0 Å². The molecule has 6 heterocycles. The lowest BCUT2D eigenvalue weighted by molar-refractivity contribution is -0.142. The van der Waals surface area contributed by atoms with E-state index >= 15 is 0 Å². The van der Waals surface area contributed by atoms with Crippen LogP contribution in [0.15, 0.2) is 85.2 Å². The summed E-state index contributed by atoms with van der Waals surface area (Å²) in [5.41, 5.74) is 12.5. The minimum atomic E-state index is -0.711. The van der Waals surface area contributed by atoms with E-state index in [1.165, 1.54) is 28.7 Å². The summed E-state index contributed by atoms with van der Waals surface area (Å²) >= 11 is 0. The number of amides is 1. The molecule has 2 aromatic carbocycles. The average Bonchev–Trinajstić information content (AvgIpc) is 3.29. The number of carboxylic acids is 1. The highest BCUT2D eigenvalue weighted by molar-refractivity contribution is 5.79. The summed E-state index contributed by atoms with van der Waals surface area (Å²) in [5, 5.41) is 29.6. The maximum Gasteiger partial charge on any atom is 0.306 e. The van der Waals surface area contributed by atoms with Gasteiger partial charge in [0.25, 0.3) is 0 Å². The number of nitrogens with zero attached hydrogens (tertiary/aromatic N) is 8. The zero-order valence-corrected chi connectivity index (χ0v) is 33.9. The van der Waals surface area contributed by atoms with Gasteiger partial charge in [-0.25, -0.2) is 9.97 Å². The van der Waals surface area contributed by atoms with Gasteiger partial charge < -0.3 is 26.0 Å². The summed E-state index contributed by atoms with van der Waals surface area (Å²) in [7, 11) is 0.